The van der Waals surface area contributed by atoms with Gasteiger partial charge in [-0.15, -0.1) is 0 Å². The average Bonchev–Trinajstić information content (AvgIpc) is 0.705. The highest BCUT2D eigenvalue weighted by Crippen LogP contribution is 2.50. The summed E-state index contributed by atoms with van der Waals surface area (Å²) in [5.74, 6) is 5.06. The molecule has 6 aliphatic heterocycles. The van der Waals surface area contributed by atoms with E-state index in [-0.39, 0.29) is 20.1 Å². The van der Waals surface area contributed by atoms with Crippen molar-refractivity contribution in [3.8, 4) is 34.5 Å². The smallest absolute Gasteiger partial charge is 0.256 e. The van der Waals surface area contributed by atoms with E-state index in [0.717, 1.165) is 168 Å². The molecule has 15 aromatic rings. The summed E-state index contributed by atoms with van der Waals surface area (Å²) in [6.45, 7) is -0.436. The molecule has 6 aliphatic rings. The Morgan fingerprint density at radius 3 is 0.915 bits per heavy atom. The SMILES string of the molecule is c1ccc(N(c2ccccc2)c2cc3c4c(c2)N(c2ccccc2)c2ccccc2B4c2cc4c(cc2O3)c2cc3c(cc2c2cc5c(cc24)Oc2cccc4c2B5c2ccccc2N4c2ccccc2)Oc2cccc4c2B3c2ccccc2N4c2ccccc2)cc1. The Morgan fingerprint density at radius 1 is 0.213 bits per heavy atom. The number of benzene rings is 15. The maximum Gasteiger partial charge on any atom is 0.256 e. The van der Waals surface area contributed by atoms with Crippen molar-refractivity contribution >= 4 is 170 Å². The molecule has 0 spiro atoms. The zero-order chi connectivity index (χ0) is 61.3. The van der Waals surface area contributed by atoms with Gasteiger partial charge in [-0.05, 0) is 209 Å². The second-order valence-corrected chi connectivity index (χ2v) is 25.4. The zero-order valence-electron chi connectivity index (χ0n) is 50.7. The molecule has 0 saturated heterocycles. The Labute approximate surface area is 544 Å². The van der Waals surface area contributed by atoms with Crippen LogP contribution >= 0.6 is 0 Å². The van der Waals surface area contributed by atoms with E-state index in [0.29, 0.717) is 0 Å². The first-order chi connectivity index (χ1) is 46.6. The van der Waals surface area contributed by atoms with Crippen LogP contribution in [0.15, 0.2) is 309 Å². The van der Waals surface area contributed by atoms with Crippen LogP contribution in [0.4, 0.5) is 68.2 Å². The molecule has 0 amide bonds. The molecule has 0 fully saturated rings. The van der Waals surface area contributed by atoms with Crippen LogP contribution in [0.2, 0.25) is 0 Å². The summed E-state index contributed by atoms with van der Waals surface area (Å²) in [6.07, 6.45) is 0. The molecule has 7 nitrogen and oxygen atoms in total. The van der Waals surface area contributed by atoms with Crippen molar-refractivity contribution in [2.24, 2.45) is 0 Å². The van der Waals surface area contributed by atoms with Crippen LogP contribution in [0.25, 0.3) is 32.3 Å². The Balaban J connectivity index is 0.844. The van der Waals surface area contributed by atoms with Crippen molar-refractivity contribution in [3.05, 3.63) is 309 Å². The van der Waals surface area contributed by atoms with Crippen molar-refractivity contribution < 1.29 is 14.2 Å². The molecule has 6 heterocycles. The largest absolute Gasteiger partial charge is 0.458 e. The van der Waals surface area contributed by atoms with Crippen LogP contribution < -0.4 is 83.0 Å². The van der Waals surface area contributed by atoms with E-state index in [1.165, 1.54) is 16.4 Å². The molecule has 0 radical (unpaired) electrons. The third-order valence-electron chi connectivity index (χ3n) is 20.5. The summed E-state index contributed by atoms with van der Waals surface area (Å²) >= 11 is 0. The molecule has 10 heteroatoms. The van der Waals surface area contributed by atoms with Crippen molar-refractivity contribution in [1.82, 2.24) is 0 Å². The van der Waals surface area contributed by atoms with Gasteiger partial charge >= 0.3 is 0 Å². The molecule has 434 valence electrons. The monoisotopic (exact) mass is 1200 g/mol. The molecule has 0 bridgehead atoms. The standard InChI is InChI=1S/C84H51B3N4O3/c1-6-24-52(25-7-1)88(53-26-8-2-9-27-53)57-44-75-84-81(45-57)94-80-51-63-59-47-68-78(92-77-43-23-41-74-83(77)86(68)65-35-17-20-38-71(65)90(74)55-30-12-4-13-31-55)49-61(59)58-46-67-79(50-62(58)60(63)48-69(80)87(84)66-36-18-21-39-72(66)91(75)56-32-14-5-15-33-56)93-76-42-22-40-73-82(76)85(67)64-34-16-19-37-70(64)89(73)54-28-10-3-11-29-54/h1-51H. The molecule has 0 aromatic heterocycles. The fourth-order valence-electron chi connectivity index (χ4n) is 16.7. The van der Waals surface area contributed by atoms with E-state index in [1.807, 2.05) is 0 Å². The molecule has 0 saturated carbocycles. The second kappa shape index (κ2) is 19.7. The molecule has 0 atom stereocenters. The first-order valence-corrected chi connectivity index (χ1v) is 32.4. The lowest BCUT2D eigenvalue weighted by Crippen LogP contribution is -2.59. The second-order valence-electron chi connectivity index (χ2n) is 25.4. The van der Waals surface area contributed by atoms with Crippen molar-refractivity contribution in [1.29, 1.82) is 0 Å². The number of nitrogens with zero attached hydrogens (tertiary/aromatic N) is 4. The van der Waals surface area contributed by atoms with Gasteiger partial charge in [0.05, 0.1) is 5.69 Å². The number of anilines is 12. The van der Waals surface area contributed by atoms with Crippen molar-refractivity contribution in [2.75, 3.05) is 19.6 Å². The zero-order valence-corrected chi connectivity index (χ0v) is 50.7. The lowest BCUT2D eigenvalue weighted by molar-refractivity contribution is 0.488. The van der Waals surface area contributed by atoms with E-state index < -0.39 is 0 Å². The summed E-state index contributed by atoms with van der Waals surface area (Å²) in [7, 11) is 0. The highest BCUT2D eigenvalue weighted by Gasteiger charge is 2.46. The predicted octanol–water partition coefficient (Wildman–Crippen LogP) is 15.8. The van der Waals surface area contributed by atoms with Gasteiger partial charge in [-0.3, -0.25) is 0 Å². The highest BCUT2D eigenvalue weighted by atomic mass is 16.5. The van der Waals surface area contributed by atoms with Gasteiger partial charge in [0, 0.05) is 68.6 Å². The number of para-hydroxylation sites is 8. The normalized spacial score (nSPS) is 13.7. The molecule has 0 unspecified atom stereocenters. The summed E-state index contributed by atoms with van der Waals surface area (Å²) in [4.78, 5) is 9.59. The van der Waals surface area contributed by atoms with Crippen LogP contribution in [0.3, 0.4) is 0 Å². The molecular formula is C84H51B3N4O3. The van der Waals surface area contributed by atoms with Gasteiger partial charge in [0.15, 0.2) is 0 Å². The first-order valence-electron chi connectivity index (χ1n) is 32.4. The van der Waals surface area contributed by atoms with Crippen LogP contribution in [0.1, 0.15) is 0 Å². The van der Waals surface area contributed by atoms with Crippen LogP contribution in [0, 0.1) is 0 Å². The van der Waals surface area contributed by atoms with E-state index >= 15 is 0 Å². The van der Waals surface area contributed by atoms with Gasteiger partial charge in [0.25, 0.3) is 20.1 Å². The maximum absolute atomic E-state index is 7.72. The quantitative estimate of drug-likeness (QED) is 0.121. The first kappa shape index (κ1) is 51.6. The summed E-state index contributed by atoms with van der Waals surface area (Å²) in [6, 6.07) is 113. The molecule has 15 aromatic carbocycles. The van der Waals surface area contributed by atoms with Crippen LogP contribution in [-0.4, -0.2) is 20.1 Å². The van der Waals surface area contributed by atoms with E-state index in [4.69, 9.17) is 14.2 Å². The number of hydrogen-bond donors (Lipinski definition) is 0. The Morgan fingerprint density at radius 2 is 0.521 bits per heavy atom. The third-order valence-corrected chi connectivity index (χ3v) is 20.5. The Kier molecular flexibility index (Phi) is 10.8. The molecule has 0 aliphatic carbocycles. The van der Waals surface area contributed by atoms with Crippen LogP contribution in [0.5, 0.6) is 34.5 Å². The average molecular weight is 1200 g/mol. The minimum absolute atomic E-state index is 0.116. The minimum Gasteiger partial charge on any atom is -0.458 e. The molecular weight excluding hydrogens is 1150 g/mol. The van der Waals surface area contributed by atoms with Crippen molar-refractivity contribution in [3.63, 3.8) is 0 Å². The highest BCUT2D eigenvalue weighted by molar-refractivity contribution is 7.01. The third kappa shape index (κ3) is 7.30. The van der Waals surface area contributed by atoms with Gasteiger partial charge in [0.1, 0.15) is 34.5 Å². The fraction of sp³-hybridized carbons (Fsp3) is 0. The number of fused-ring (bicyclic) bond motifs is 18. The minimum atomic E-state index is -0.195. The predicted molar refractivity (Wildman–Crippen MR) is 391 cm³/mol. The fourth-order valence-corrected chi connectivity index (χ4v) is 16.7. The number of rotatable bonds is 6. The topological polar surface area (TPSA) is 40.6 Å². The van der Waals surface area contributed by atoms with Gasteiger partial charge < -0.3 is 33.8 Å². The van der Waals surface area contributed by atoms with Gasteiger partial charge in [-0.2, -0.15) is 0 Å². The van der Waals surface area contributed by atoms with E-state index in [2.05, 4.69) is 329 Å². The number of hydrogen-bond acceptors (Lipinski definition) is 7. The lowest BCUT2D eigenvalue weighted by atomic mass is 9.33. The van der Waals surface area contributed by atoms with Gasteiger partial charge in [-0.1, -0.05) is 176 Å². The lowest BCUT2D eigenvalue weighted by Gasteiger charge is -2.41. The Hall–Kier alpha value is -12.1. The van der Waals surface area contributed by atoms with Gasteiger partial charge in [0.2, 0.25) is 0 Å². The Bertz CT molecular complexity index is 5640. The van der Waals surface area contributed by atoms with Crippen molar-refractivity contribution in [2.45, 2.75) is 0 Å². The number of ether oxygens (including phenoxy) is 3. The van der Waals surface area contributed by atoms with E-state index in [1.54, 1.807) is 0 Å². The van der Waals surface area contributed by atoms with Crippen LogP contribution in [-0.2, 0) is 0 Å². The molecule has 21 rings (SSSR count). The molecule has 94 heavy (non-hydrogen) atoms. The molecule has 0 N–H and O–H groups in total. The van der Waals surface area contributed by atoms with Gasteiger partial charge in [-0.25, -0.2) is 0 Å². The maximum atomic E-state index is 7.72. The summed E-state index contributed by atoms with van der Waals surface area (Å²) < 4.78 is 22.5. The van der Waals surface area contributed by atoms with E-state index in [9.17, 15) is 0 Å². The summed E-state index contributed by atoms with van der Waals surface area (Å²) in [5, 5.41) is 6.64. The summed E-state index contributed by atoms with van der Waals surface area (Å²) in [5.41, 5.74) is 23.6.